The fourth-order valence-electron chi connectivity index (χ4n) is 1.42. The van der Waals surface area contributed by atoms with Crippen molar-refractivity contribution in [2.24, 2.45) is 0 Å². The van der Waals surface area contributed by atoms with E-state index in [0.717, 1.165) is 12.1 Å². The average Bonchev–Trinajstić information content (AvgIpc) is 2.79. The van der Waals surface area contributed by atoms with Crippen LogP contribution in [0.3, 0.4) is 0 Å². The minimum Gasteiger partial charge on any atom is -0.308 e. The molecule has 2 rings (SSSR count). The maximum atomic E-state index is 6.19. The summed E-state index contributed by atoms with van der Waals surface area (Å²) >= 11 is 6.19. The molecular weight excluding hydrogens is 250 g/mol. The van der Waals surface area contributed by atoms with Crippen LogP contribution < -0.4 is 5.32 Å². The van der Waals surface area contributed by atoms with Gasteiger partial charge in [-0.15, -0.1) is 0 Å². The summed E-state index contributed by atoms with van der Waals surface area (Å²) in [4.78, 5) is 8.18. The summed E-state index contributed by atoms with van der Waals surface area (Å²) in [5.74, 6) is 0.591. The number of halogens is 1. The highest BCUT2D eigenvalue weighted by Gasteiger charge is 2.10. The van der Waals surface area contributed by atoms with Gasteiger partial charge in [0, 0.05) is 18.3 Å². The summed E-state index contributed by atoms with van der Waals surface area (Å²) in [6.45, 7) is 7.08. The lowest BCUT2D eigenvalue weighted by Gasteiger charge is -2.20. The standard InChI is InChI=1S/C12H16ClN5/c1-12(2,3)16-6-9-4-10(13)11(15-5-9)18-8-14-7-17-18/h4-5,7-8,16H,6H2,1-3H3. The summed E-state index contributed by atoms with van der Waals surface area (Å²) in [6.07, 6.45) is 4.82. The molecule has 0 atom stereocenters. The fraction of sp³-hybridized carbons (Fsp3) is 0.417. The molecule has 0 spiro atoms. The highest BCUT2D eigenvalue weighted by atomic mass is 35.5. The maximum absolute atomic E-state index is 6.19. The van der Waals surface area contributed by atoms with E-state index in [-0.39, 0.29) is 5.54 Å². The van der Waals surface area contributed by atoms with Crippen LogP contribution in [-0.2, 0) is 6.54 Å². The van der Waals surface area contributed by atoms with E-state index in [0.29, 0.717) is 10.8 Å². The number of rotatable bonds is 3. The highest BCUT2D eigenvalue weighted by molar-refractivity contribution is 6.32. The van der Waals surface area contributed by atoms with Crippen LogP contribution in [0.2, 0.25) is 5.02 Å². The van der Waals surface area contributed by atoms with E-state index < -0.39 is 0 Å². The van der Waals surface area contributed by atoms with Gasteiger partial charge in [0.2, 0.25) is 0 Å². The Morgan fingerprint density at radius 2 is 2.17 bits per heavy atom. The maximum Gasteiger partial charge on any atom is 0.173 e. The first kappa shape index (κ1) is 13.0. The van der Waals surface area contributed by atoms with Crippen molar-refractivity contribution in [3.63, 3.8) is 0 Å². The van der Waals surface area contributed by atoms with E-state index >= 15 is 0 Å². The summed E-state index contributed by atoms with van der Waals surface area (Å²) in [5, 5.41) is 7.96. The van der Waals surface area contributed by atoms with Crippen LogP contribution >= 0.6 is 11.6 Å². The molecule has 0 fully saturated rings. The number of hydrogen-bond acceptors (Lipinski definition) is 4. The van der Waals surface area contributed by atoms with Crippen molar-refractivity contribution in [2.45, 2.75) is 32.9 Å². The van der Waals surface area contributed by atoms with Gasteiger partial charge in [0.15, 0.2) is 5.82 Å². The van der Waals surface area contributed by atoms with E-state index in [1.165, 1.54) is 6.33 Å². The van der Waals surface area contributed by atoms with Crippen LogP contribution in [0.4, 0.5) is 0 Å². The molecule has 0 aliphatic carbocycles. The van der Waals surface area contributed by atoms with Gasteiger partial charge in [0.1, 0.15) is 12.7 Å². The SMILES string of the molecule is CC(C)(C)NCc1cnc(-n2cncn2)c(Cl)c1. The quantitative estimate of drug-likeness (QED) is 0.924. The molecule has 0 aliphatic rings. The molecule has 6 heteroatoms. The molecule has 2 heterocycles. The van der Waals surface area contributed by atoms with Crippen molar-refractivity contribution in [1.29, 1.82) is 0 Å². The van der Waals surface area contributed by atoms with Crippen LogP contribution in [0.25, 0.3) is 5.82 Å². The van der Waals surface area contributed by atoms with Gasteiger partial charge in [0.05, 0.1) is 5.02 Å². The average molecular weight is 266 g/mol. The number of nitrogens with zero attached hydrogens (tertiary/aromatic N) is 4. The minimum absolute atomic E-state index is 0.0665. The van der Waals surface area contributed by atoms with Gasteiger partial charge >= 0.3 is 0 Å². The molecule has 0 bridgehead atoms. The Morgan fingerprint density at radius 3 is 2.72 bits per heavy atom. The van der Waals surface area contributed by atoms with Crippen LogP contribution in [0.5, 0.6) is 0 Å². The Morgan fingerprint density at radius 1 is 1.39 bits per heavy atom. The first-order valence-electron chi connectivity index (χ1n) is 5.70. The van der Waals surface area contributed by atoms with Crippen molar-refractivity contribution in [3.05, 3.63) is 35.5 Å². The molecule has 1 N–H and O–H groups in total. The van der Waals surface area contributed by atoms with E-state index in [4.69, 9.17) is 11.6 Å². The lowest BCUT2D eigenvalue weighted by molar-refractivity contribution is 0.424. The van der Waals surface area contributed by atoms with Gasteiger partial charge in [-0.25, -0.2) is 14.6 Å². The van der Waals surface area contributed by atoms with Crippen LogP contribution in [0, 0.1) is 0 Å². The zero-order valence-electron chi connectivity index (χ0n) is 10.7. The van der Waals surface area contributed by atoms with Crippen LogP contribution in [0.1, 0.15) is 26.3 Å². The van der Waals surface area contributed by atoms with Crippen molar-refractivity contribution >= 4 is 11.6 Å². The predicted molar refractivity (Wildman–Crippen MR) is 70.8 cm³/mol. The fourth-order valence-corrected chi connectivity index (χ4v) is 1.70. The summed E-state index contributed by atoms with van der Waals surface area (Å²) in [7, 11) is 0. The van der Waals surface area contributed by atoms with Crippen molar-refractivity contribution in [3.8, 4) is 5.82 Å². The third kappa shape index (κ3) is 3.27. The second-order valence-corrected chi connectivity index (χ2v) is 5.50. The summed E-state index contributed by atoms with van der Waals surface area (Å²) in [5.41, 5.74) is 1.11. The molecule has 0 saturated heterocycles. The summed E-state index contributed by atoms with van der Waals surface area (Å²) < 4.78 is 1.54. The lowest BCUT2D eigenvalue weighted by atomic mass is 10.1. The monoisotopic (exact) mass is 265 g/mol. The third-order valence-electron chi connectivity index (χ3n) is 2.34. The normalized spacial score (nSPS) is 11.8. The molecule has 0 unspecified atom stereocenters. The molecule has 2 aromatic heterocycles. The van der Waals surface area contributed by atoms with Crippen LogP contribution in [0.15, 0.2) is 24.9 Å². The van der Waals surface area contributed by atoms with Crippen molar-refractivity contribution < 1.29 is 0 Å². The first-order valence-corrected chi connectivity index (χ1v) is 6.08. The smallest absolute Gasteiger partial charge is 0.173 e. The zero-order chi connectivity index (χ0) is 13.2. The van der Waals surface area contributed by atoms with Gasteiger partial charge in [0.25, 0.3) is 0 Å². The minimum atomic E-state index is 0.0665. The van der Waals surface area contributed by atoms with Crippen molar-refractivity contribution in [1.82, 2.24) is 25.1 Å². The predicted octanol–water partition coefficient (Wildman–Crippen LogP) is 2.20. The van der Waals surface area contributed by atoms with Gasteiger partial charge in [-0.2, -0.15) is 5.10 Å². The molecule has 0 amide bonds. The summed E-state index contributed by atoms with van der Waals surface area (Å²) in [6, 6.07) is 1.89. The Bertz CT molecular complexity index is 516. The Kier molecular flexibility index (Phi) is 3.63. The first-order chi connectivity index (χ1) is 8.46. The molecule has 0 aromatic carbocycles. The number of hydrogen-bond donors (Lipinski definition) is 1. The van der Waals surface area contributed by atoms with Gasteiger partial charge < -0.3 is 5.32 Å². The molecule has 5 nitrogen and oxygen atoms in total. The Balaban J connectivity index is 2.15. The second-order valence-electron chi connectivity index (χ2n) is 5.09. The van der Waals surface area contributed by atoms with Crippen molar-refractivity contribution in [2.75, 3.05) is 0 Å². The number of aromatic nitrogens is 4. The topological polar surface area (TPSA) is 55.6 Å². The van der Waals surface area contributed by atoms with E-state index in [1.807, 2.05) is 6.07 Å². The van der Waals surface area contributed by atoms with Gasteiger partial charge in [-0.1, -0.05) is 11.6 Å². The molecule has 0 saturated carbocycles. The molecule has 18 heavy (non-hydrogen) atoms. The second kappa shape index (κ2) is 5.04. The highest BCUT2D eigenvalue weighted by Crippen LogP contribution is 2.18. The molecule has 96 valence electrons. The van der Waals surface area contributed by atoms with Gasteiger partial charge in [-0.3, -0.25) is 0 Å². The molecule has 0 radical (unpaired) electrons. The number of pyridine rings is 1. The van der Waals surface area contributed by atoms with Gasteiger partial charge in [-0.05, 0) is 32.4 Å². The van der Waals surface area contributed by atoms with E-state index in [2.05, 4.69) is 41.2 Å². The number of nitrogens with one attached hydrogen (secondary N) is 1. The van der Waals surface area contributed by atoms with E-state index in [1.54, 1.807) is 17.2 Å². The molecule has 2 aromatic rings. The lowest BCUT2D eigenvalue weighted by Crippen LogP contribution is -2.35. The largest absolute Gasteiger partial charge is 0.308 e. The molecular formula is C12H16ClN5. The molecule has 0 aliphatic heterocycles. The Hall–Kier alpha value is -1.46. The zero-order valence-corrected chi connectivity index (χ0v) is 11.4. The van der Waals surface area contributed by atoms with Crippen LogP contribution in [-0.4, -0.2) is 25.3 Å². The van der Waals surface area contributed by atoms with E-state index in [9.17, 15) is 0 Å². The Labute approximate surface area is 111 Å². The third-order valence-corrected chi connectivity index (χ3v) is 2.62.